The third kappa shape index (κ3) is 4.03. The zero-order valence-corrected chi connectivity index (χ0v) is 12.0. The number of ether oxygens (including phenoxy) is 1. The summed E-state index contributed by atoms with van der Waals surface area (Å²) < 4.78 is 5.71. The second kappa shape index (κ2) is 7.38. The van der Waals surface area contributed by atoms with Crippen molar-refractivity contribution in [2.45, 2.75) is 32.4 Å². The van der Waals surface area contributed by atoms with Gasteiger partial charge in [0.25, 0.3) is 5.91 Å². The van der Waals surface area contributed by atoms with Gasteiger partial charge in [0.05, 0.1) is 6.10 Å². The van der Waals surface area contributed by atoms with Crippen LogP contribution < -0.4 is 11.3 Å². The molecule has 1 aromatic rings. The number of hydrogen-bond donors (Lipinski definition) is 2. The quantitative estimate of drug-likeness (QED) is 0.483. The van der Waals surface area contributed by atoms with E-state index < -0.39 is 0 Å². The predicted molar refractivity (Wildman–Crippen MR) is 78.0 cm³/mol. The zero-order chi connectivity index (χ0) is 14.4. The van der Waals surface area contributed by atoms with E-state index in [1.54, 1.807) is 6.07 Å². The van der Waals surface area contributed by atoms with Gasteiger partial charge in [-0.05, 0) is 44.0 Å². The third-order valence-electron chi connectivity index (χ3n) is 3.59. The van der Waals surface area contributed by atoms with E-state index in [4.69, 9.17) is 10.6 Å². The van der Waals surface area contributed by atoms with Gasteiger partial charge < -0.3 is 4.74 Å². The third-order valence-corrected chi connectivity index (χ3v) is 3.59. The number of likely N-dealkylation sites (tertiary alicyclic amines) is 1. The molecule has 1 atom stereocenters. The molecule has 1 saturated heterocycles. The lowest BCUT2D eigenvalue weighted by Gasteiger charge is -2.32. The number of hydrogen-bond acceptors (Lipinski definition) is 4. The molecule has 3 N–H and O–H groups in total. The molecule has 1 aliphatic rings. The Morgan fingerprint density at radius 3 is 3.15 bits per heavy atom. The first-order valence-corrected chi connectivity index (χ1v) is 7.16. The van der Waals surface area contributed by atoms with Gasteiger partial charge in [-0.3, -0.25) is 15.1 Å². The number of amides is 1. The molecular formula is C15H23N3O2. The van der Waals surface area contributed by atoms with Crippen LogP contribution in [0.4, 0.5) is 0 Å². The highest BCUT2D eigenvalue weighted by Crippen LogP contribution is 2.16. The summed E-state index contributed by atoms with van der Waals surface area (Å²) in [7, 11) is 0. The Morgan fingerprint density at radius 2 is 2.40 bits per heavy atom. The van der Waals surface area contributed by atoms with Gasteiger partial charge in [-0.1, -0.05) is 12.1 Å². The van der Waals surface area contributed by atoms with Gasteiger partial charge >= 0.3 is 0 Å². The smallest absolute Gasteiger partial charge is 0.265 e. The molecule has 5 nitrogen and oxygen atoms in total. The second-order valence-corrected chi connectivity index (χ2v) is 5.13. The van der Waals surface area contributed by atoms with Crippen molar-refractivity contribution < 1.29 is 9.53 Å². The van der Waals surface area contributed by atoms with Crippen molar-refractivity contribution in [1.29, 1.82) is 0 Å². The van der Waals surface area contributed by atoms with Gasteiger partial charge in [-0.15, -0.1) is 0 Å². The zero-order valence-electron chi connectivity index (χ0n) is 12.0. The van der Waals surface area contributed by atoms with Crippen LogP contribution in [0.25, 0.3) is 0 Å². The van der Waals surface area contributed by atoms with Crippen molar-refractivity contribution in [2.75, 3.05) is 19.7 Å². The van der Waals surface area contributed by atoms with Crippen molar-refractivity contribution in [1.82, 2.24) is 10.3 Å². The van der Waals surface area contributed by atoms with E-state index >= 15 is 0 Å². The molecule has 2 rings (SSSR count). The summed E-state index contributed by atoms with van der Waals surface area (Å²) in [5.74, 6) is 4.91. The fourth-order valence-corrected chi connectivity index (χ4v) is 2.68. The molecular weight excluding hydrogens is 254 g/mol. The molecule has 1 aromatic carbocycles. The number of carbonyl (C=O) groups is 1. The molecule has 110 valence electrons. The van der Waals surface area contributed by atoms with Crippen LogP contribution in [-0.2, 0) is 11.3 Å². The summed E-state index contributed by atoms with van der Waals surface area (Å²) in [4.78, 5) is 13.9. The van der Waals surface area contributed by atoms with Crippen molar-refractivity contribution in [2.24, 2.45) is 5.84 Å². The van der Waals surface area contributed by atoms with Gasteiger partial charge in [0, 0.05) is 25.3 Å². The first-order chi connectivity index (χ1) is 9.72. The summed E-state index contributed by atoms with van der Waals surface area (Å²) in [6.45, 7) is 5.69. The van der Waals surface area contributed by atoms with Gasteiger partial charge in [0.2, 0.25) is 0 Å². The van der Waals surface area contributed by atoms with Crippen LogP contribution in [0.5, 0.6) is 0 Å². The first kappa shape index (κ1) is 15.0. The Morgan fingerprint density at radius 1 is 1.55 bits per heavy atom. The molecule has 1 aliphatic heterocycles. The summed E-state index contributed by atoms with van der Waals surface area (Å²) in [5.41, 5.74) is 3.89. The van der Waals surface area contributed by atoms with Gasteiger partial charge in [-0.2, -0.15) is 0 Å². The summed E-state index contributed by atoms with van der Waals surface area (Å²) in [6, 6.07) is 7.60. The molecule has 1 unspecified atom stereocenters. The van der Waals surface area contributed by atoms with Crippen LogP contribution in [0.1, 0.15) is 35.7 Å². The van der Waals surface area contributed by atoms with Crippen LogP contribution >= 0.6 is 0 Å². The van der Waals surface area contributed by atoms with Gasteiger partial charge in [-0.25, -0.2) is 5.84 Å². The van der Waals surface area contributed by atoms with Crippen LogP contribution in [0.2, 0.25) is 0 Å². The topological polar surface area (TPSA) is 67.6 Å². The maximum Gasteiger partial charge on any atom is 0.265 e. The van der Waals surface area contributed by atoms with Crippen LogP contribution in [0.15, 0.2) is 24.3 Å². The lowest BCUT2D eigenvalue weighted by atomic mass is 10.1. The largest absolute Gasteiger partial charge is 0.377 e. The van der Waals surface area contributed by atoms with Crippen molar-refractivity contribution >= 4 is 5.91 Å². The molecule has 1 amide bonds. The Kier molecular flexibility index (Phi) is 5.52. The molecule has 0 aromatic heterocycles. The van der Waals surface area contributed by atoms with Gasteiger partial charge in [0.15, 0.2) is 0 Å². The summed E-state index contributed by atoms with van der Waals surface area (Å²) in [6.07, 6.45) is 2.64. The average molecular weight is 277 g/mol. The molecule has 0 radical (unpaired) electrons. The van der Waals surface area contributed by atoms with Crippen LogP contribution in [0.3, 0.4) is 0 Å². The number of nitrogens with zero attached hydrogens (tertiary/aromatic N) is 1. The highest BCUT2D eigenvalue weighted by Gasteiger charge is 2.20. The maximum atomic E-state index is 11.5. The SMILES string of the molecule is CCOC1CCCN(Cc2cccc(C(=O)NN)c2)C1. The van der Waals surface area contributed by atoms with E-state index in [9.17, 15) is 4.79 Å². The Labute approximate surface area is 120 Å². The minimum Gasteiger partial charge on any atom is -0.377 e. The van der Waals surface area contributed by atoms with E-state index in [2.05, 4.69) is 10.3 Å². The number of benzene rings is 1. The maximum absolute atomic E-state index is 11.5. The standard InChI is InChI=1S/C15H23N3O2/c1-2-20-14-7-4-8-18(11-14)10-12-5-3-6-13(9-12)15(19)17-16/h3,5-6,9,14H,2,4,7-8,10-11,16H2,1H3,(H,17,19). The fraction of sp³-hybridized carbons (Fsp3) is 0.533. The van der Waals surface area contributed by atoms with Crippen molar-refractivity contribution in [3.05, 3.63) is 35.4 Å². The lowest BCUT2D eigenvalue weighted by molar-refractivity contribution is 0.00362. The van der Waals surface area contributed by atoms with E-state index in [1.807, 2.05) is 25.1 Å². The molecule has 0 spiro atoms. The number of piperidine rings is 1. The number of nitrogen functional groups attached to an aromatic ring is 1. The fourth-order valence-electron chi connectivity index (χ4n) is 2.68. The monoisotopic (exact) mass is 277 g/mol. The van der Waals surface area contributed by atoms with E-state index in [0.717, 1.165) is 44.6 Å². The van der Waals surface area contributed by atoms with Crippen molar-refractivity contribution in [3.63, 3.8) is 0 Å². The highest BCUT2D eigenvalue weighted by atomic mass is 16.5. The molecule has 5 heteroatoms. The lowest BCUT2D eigenvalue weighted by Crippen LogP contribution is -2.39. The number of nitrogens with two attached hydrogens (primary N) is 1. The molecule has 0 aliphatic carbocycles. The van der Waals surface area contributed by atoms with E-state index in [1.165, 1.54) is 0 Å². The molecule has 0 bridgehead atoms. The molecule has 1 heterocycles. The highest BCUT2D eigenvalue weighted by molar-refractivity contribution is 5.93. The molecule has 0 saturated carbocycles. The summed E-state index contributed by atoms with van der Waals surface area (Å²) >= 11 is 0. The number of hydrazine groups is 1. The predicted octanol–water partition coefficient (Wildman–Crippen LogP) is 1.29. The van der Waals surface area contributed by atoms with Crippen LogP contribution in [0, 0.1) is 0 Å². The van der Waals surface area contributed by atoms with Crippen molar-refractivity contribution in [3.8, 4) is 0 Å². The summed E-state index contributed by atoms with van der Waals surface area (Å²) in [5, 5.41) is 0. The average Bonchev–Trinajstić information content (AvgIpc) is 2.47. The minimum atomic E-state index is -0.252. The minimum absolute atomic E-state index is 0.252. The molecule has 1 fully saturated rings. The van der Waals surface area contributed by atoms with Gasteiger partial charge in [0.1, 0.15) is 0 Å². The van der Waals surface area contributed by atoms with E-state index in [0.29, 0.717) is 11.7 Å². The Balaban J connectivity index is 1.97. The number of carbonyl (C=O) groups excluding carboxylic acids is 1. The Bertz CT molecular complexity index is 448. The van der Waals surface area contributed by atoms with E-state index in [-0.39, 0.29) is 5.91 Å². The first-order valence-electron chi connectivity index (χ1n) is 7.16. The molecule has 20 heavy (non-hydrogen) atoms. The second-order valence-electron chi connectivity index (χ2n) is 5.13. The number of rotatable bonds is 5. The number of nitrogens with one attached hydrogen (secondary N) is 1. The Hall–Kier alpha value is -1.43. The van der Waals surface area contributed by atoms with Crippen LogP contribution in [-0.4, -0.2) is 36.6 Å². The normalized spacial score (nSPS) is 19.8.